The van der Waals surface area contributed by atoms with Crippen LogP contribution in [0.1, 0.15) is 27.2 Å². The zero-order chi connectivity index (χ0) is 12.3. The normalized spacial score (nSPS) is 20.2. The van der Waals surface area contributed by atoms with Gasteiger partial charge in [0.25, 0.3) is 0 Å². The van der Waals surface area contributed by atoms with E-state index in [0.29, 0.717) is 0 Å². The number of amides is 1. The zero-order valence-electron chi connectivity index (χ0n) is 9.65. The maximum absolute atomic E-state index is 11.7. The summed E-state index contributed by atoms with van der Waals surface area (Å²) in [6.45, 7) is 5.15. The zero-order valence-corrected chi connectivity index (χ0v) is 9.65. The molecule has 1 aliphatic rings. The predicted octanol–water partition coefficient (Wildman–Crippen LogP) is 1.13. The van der Waals surface area contributed by atoms with Crippen LogP contribution in [0.3, 0.4) is 0 Å². The monoisotopic (exact) mass is 225 g/mol. The Morgan fingerprint density at radius 3 is 2.81 bits per heavy atom. The second-order valence-electron chi connectivity index (χ2n) is 4.47. The van der Waals surface area contributed by atoms with E-state index in [0.717, 1.165) is 0 Å². The Hall–Kier alpha value is -1.70. The Balaban J connectivity index is 2.69. The molecule has 1 rings (SSSR count). The van der Waals surface area contributed by atoms with Gasteiger partial charge in [0.05, 0.1) is 0 Å². The molecule has 1 saturated heterocycles. The molecular weight excluding hydrogens is 210 g/mol. The highest BCUT2D eigenvalue weighted by Crippen LogP contribution is 2.18. The quantitative estimate of drug-likeness (QED) is 0.496. The molecule has 0 aliphatic carbocycles. The topological polar surface area (TPSA) is 55.8 Å². The van der Waals surface area contributed by atoms with E-state index >= 15 is 0 Å². The van der Waals surface area contributed by atoms with Gasteiger partial charge < -0.3 is 9.47 Å². The maximum atomic E-state index is 11.7. The Morgan fingerprint density at radius 1 is 1.69 bits per heavy atom. The van der Waals surface area contributed by atoms with Crippen LogP contribution in [0.2, 0.25) is 0 Å². The number of hydrogen-bond acceptors (Lipinski definition) is 4. The minimum Gasteiger partial charge on any atom is -0.444 e. The van der Waals surface area contributed by atoms with Gasteiger partial charge in [0.2, 0.25) is 0 Å². The molecule has 0 saturated carbocycles. The maximum Gasteiger partial charge on any atom is 0.413 e. The van der Waals surface area contributed by atoms with Gasteiger partial charge in [0.1, 0.15) is 11.6 Å². The number of ether oxygens (including phenoxy) is 2. The van der Waals surface area contributed by atoms with Crippen LogP contribution in [0.5, 0.6) is 0 Å². The Kier molecular flexibility index (Phi) is 3.43. The van der Waals surface area contributed by atoms with Crippen molar-refractivity contribution in [1.29, 1.82) is 0 Å². The highest BCUT2D eigenvalue weighted by Gasteiger charge is 2.39. The molecule has 0 unspecified atom stereocenters. The molecule has 0 radical (unpaired) electrons. The van der Waals surface area contributed by atoms with Gasteiger partial charge >= 0.3 is 12.1 Å². The van der Waals surface area contributed by atoms with Gasteiger partial charge in [-0.2, -0.15) is 0 Å². The molecule has 1 fully saturated rings. The third-order valence-electron chi connectivity index (χ3n) is 1.93. The van der Waals surface area contributed by atoms with E-state index in [-0.39, 0.29) is 13.2 Å². The number of carbonyl (C=O) groups excluding carboxylic acids is 2. The SMILES string of the molecule is C#CC[C@H]1C(=O)OCN1C(=O)OC(C)(C)C. The van der Waals surface area contributed by atoms with E-state index in [1.807, 2.05) is 0 Å². The average molecular weight is 225 g/mol. The molecule has 1 atom stereocenters. The van der Waals surface area contributed by atoms with E-state index in [4.69, 9.17) is 15.9 Å². The molecule has 0 bridgehead atoms. The molecule has 1 aliphatic heterocycles. The molecule has 16 heavy (non-hydrogen) atoms. The summed E-state index contributed by atoms with van der Waals surface area (Å²) in [7, 11) is 0. The van der Waals surface area contributed by atoms with Gasteiger partial charge in [-0.05, 0) is 20.8 Å². The molecule has 0 aromatic rings. The first-order valence-corrected chi connectivity index (χ1v) is 4.95. The summed E-state index contributed by atoms with van der Waals surface area (Å²) in [5, 5.41) is 0. The van der Waals surface area contributed by atoms with Crippen LogP contribution in [0.4, 0.5) is 4.79 Å². The smallest absolute Gasteiger partial charge is 0.413 e. The first kappa shape index (κ1) is 12.4. The lowest BCUT2D eigenvalue weighted by Gasteiger charge is -2.25. The minimum absolute atomic E-state index is 0.0971. The summed E-state index contributed by atoms with van der Waals surface area (Å²) in [6, 6.07) is -0.722. The average Bonchev–Trinajstić information content (AvgIpc) is 2.46. The van der Waals surface area contributed by atoms with E-state index in [9.17, 15) is 9.59 Å². The van der Waals surface area contributed by atoms with Crippen molar-refractivity contribution in [2.24, 2.45) is 0 Å². The number of esters is 1. The van der Waals surface area contributed by atoms with Gasteiger partial charge in [-0.3, -0.25) is 4.90 Å². The van der Waals surface area contributed by atoms with Crippen molar-refractivity contribution in [1.82, 2.24) is 4.90 Å². The van der Waals surface area contributed by atoms with Crippen molar-refractivity contribution in [2.75, 3.05) is 6.73 Å². The molecule has 0 aromatic heterocycles. The van der Waals surface area contributed by atoms with Crippen LogP contribution in [0.25, 0.3) is 0 Å². The Labute approximate surface area is 94.7 Å². The Bertz CT molecular complexity index is 337. The molecule has 5 nitrogen and oxygen atoms in total. The first-order chi connectivity index (χ1) is 7.35. The lowest BCUT2D eigenvalue weighted by Crippen LogP contribution is -2.41. The van der Waals surface area contributed by atoms with Crippen LogP contribution >= 0.6 is 0 Å². The fraction of sp³-hybridized carbons (Fsp3) is 0.636. The third-order valence-corrected chi connectivity index (χ3v) is 1.93. The van der Waals surface area contributed by atoms with E-state index in [2.05, 4.69) is 5.92 Å². The van der Waals surface area contributed by atoms with Gasteiger partial charge in [0, 0.05) is 6.42 Å². The van der Waals surface area contributed by atoms with Crippen molar-refractivity contribution in [3.8, 4) is 12.3 Å². The standard InChI is InChI=1S/C11H15NO4/c1-5-6-8-9(13)15-7-12(8)10(14)16-11(2,3)4/h1,8H,6-7H2,2-4H3/t8-/m0/s1. The predicted molar refractivity (Wildman–Crippen MR) is 56.3 cm³/mol. The van der Waals surface area contributed by atoms with Gasteiger partial charge in [-0.1, -0.05) is 0 Å². The molecule has 1 heterocycles. The molecule has 0 aromatic carbocycles. The first-order valence-electron chi connectivity index (χ1n) is 4.95. The fourth-order valence-corrected chi connectivity index (χ4v) is 1.25. The molecule has 5 heteroatoms. The molecule has 0 N–H and O–H groups in total. The van der Waals surface area contributed by atoms with Gasteiger partial charge in [-0.25, -0.2) is 9.59 Å². The summed E-state index contributed by atoms with van der Waals surface area (Å²) in [4.78, 5) is 24.2. The van der Waals surface area contributed by atoms with Crippen LogP contribution in [-0.2, 0) is 14.3 Å². The summed E-state index contributed by atoms with van der Waals surface area (Å²) < 4.78 is 9.89. The summed E-state index contributed by atoms with van der Waals surface area (Å²) in [5.41, 5.74) is -0.608. The number of terminal acetylenes is 1. The van der Waals surface area contributed by atoms with E-state index in [1.165, 1.54) is 4.90 Å². The fourth-order valence-electron chi connectivity index (χ4n) is 1.25. The van der Waals surface area contributed by atoms with Gasteiger partial charge in [0.15, 0.2) is 6.73 Å². The highest BCUT2D eigenvalue weighted by molar-refractivity contribution is 5.84. The highest BCUT2D eigenvalue weighted by atomic mass is 16.6. The number of rotatable bonds is 1. The van der Waals surface area contributed by atoms with Crippen LogP contribution < -0.4 is 0 Å². The van der Waals surface area contributed by atoms with Crippen molar-refractivity contribution >= 4 is 12.1 Å². The number of hydrogen-bond donors (Lipinski definition) is 0. The van der Waals surface area contributed by atoms with Crippen LogP contribution in [-0.4, -0.2) is 35.3 Å². The van der Waals surface area contributed by atoms with E-state index < -0.39 is 23.7 Å². The van der Waals surface area contributed by atoms with Crippen molar-refractivity contribution in [3.63, 3.8) is 0 Å². The molecule has 1 amide bonds. The second kappa shape index (κ2) is 4.44. The van der Waals surface area contributed by atoms with E-state index in [1.54, 1.807) is 20.8 Å². The lowest BCUT2D eigenvalue weighted by molar-refractivity contribution is -0.139. The Morgan fingerprint density at radius 2 is 2.31 bits per heavy atom. The van der Waals surface area contributed by atoms with Crippen molar-refractivity contribution < 1.29 is 19.1 Å². The molecular formula is C11H15NO4. The van der Waals surface area contributed by atoms with Crippen molar-refractivity contribution in [2.45, 2.75) is 38.8 Å². The van der Waals surface area contributed by atoms with Crippen LogP contribution in [0, 0.1) is 12.3 Å². The number of cyclic esters (lactones) is 1. The number of carbonyl (C=O) groups is 2. The second-order valence-corrected chi connectivity index (χ2v) is 4.47. The van der Waals surface area contributed by atoms with Gasteiger partial charge in [-0.15, -0.1) is 12.3 Å². The largest absolute Gasteiger partial charge is 0.444 e. The van der Waals surface area contributed by atoms with Crippen molar-refractivity contribution in [3.05, 3.63) is 0 Å². The third kappa shape index (κ3) is 2.89. The minimum atomic E-state index is -0.722. The number of nitrogens with zero attached hydrogens (tertiary/aromatic N) is 1. The summed E-state index contributed by atoms with van der Waals surface area (Å²) >= 11 is 0. The summed E-state index contributed by atoms with van der Waals surface area (Å²) in [6.07, 6.45) is 4.68. The van der Waals surface area contributed by atoms with Crippen LogP contribution in [0.15, 0.2) is 0 Å². The molecule has 0 spiro atoms. The molecule has 88 valence electrons. The lowest BCUT2D eigenvalue weighted by atomic mass is 10.2. The summed E-state index contributed by atoms with van der Waals surface area (Å²) in [5.74, 6) is 1.85.